The van der Waals surface area contributed by atoms with Crippen molar-refractivity contribution in [3.05, 3.63) is 24.3 Å². The van der Waals surface area contributed by atoms with Crippen LogP contribution in [0.3, 0.4) is 0 Å². The van der Waals surface area contributed by atoms with Crippen LogP contribution >= 0.6 is 0 Å². The second kappa shape index (κ2) is 5.13. The molecule has 3 rings (SSSR count). The van der Waals surface area contributed by atoms with Crippen LogP contribution < -0.4 is 5.32 Å². The number of rotatable bonds is 2. The van der Waals surface area contributed by atoms with Crippen LogP contribution in [-0.2, 0) is 4.74 Å². The molecular formula is C13H16FN3O2. The largest absolute Gasteiger partial charge is 0.377 e. The van der Waals surface area contributed by atoms with Crippen molar-refractivity contribution in [1.82, 2.24) is 9.88 Å². The van der Waals surface area contributed by atoms with E-state index >= 15 is 0 Å². The molecule has 0 bridgehead atoms. The lowest BCUT2D eigenvalue weighted by Crippen LogP contribution is -2.51. The van der Waals surface area contributed by atoms with Crippen LogP contribution in [0.2, 0.25) is 0 Å². The number of hydrogen-bond donors (Lipinski definition) is 1. The van der Waals surface area contributed by atoms with Gasteiger partial charge in [0.1, 0.15) is 0 Å². The number of carbonyl (C=O) groups is 1. The van der Waals surface area contributed by atoms with E-state index in [0.29, 0.717) is 25.7 Å². The molecule has 6 heteroatoms. The molecular weight excluding hydrogens is 249 g/mol. The monoisotopic (exact) mass is 265 g/mol. The van der Waals surface area contributed by atoms with E-state index in [-0.39, 0.29) is 17.8 Å². The van der Waals surface area contributed by atoms with Gasteiger partial charge < -0.3 is 15.0 Å². The van der Waals surface area contributed by atoms with E-state index in [1.54, 1.807) is 4.90 Å². The first kappa shape index (κ1) is 12.3. The Morgan fingerprint density at radius 3 is 3.11 bits per heavy atom. The molecule has 2 aliphatic rings. The summed E-state index contributed by atoms with van der Waals surface area (Å²) in [6.45, 7) is 1.67. The van der Waals surface area contributed by atoms with E-state index in [9.17, 15) is 9.18 Å². The number of pyridine rings is 1. The second-order valence-corrected chi connectivity index (χ2v) is 4.96. The number of carbonyl (C=O) groups excluding carboxylic acids is 1. The van der Waals surface area contributed by atoms with Crippen molar-refractivity contribution in [3.63, 3.8) is 0 Å². The fourth-order valence-corrected chi connectivity index (χ4v) is 2.41. The van der Waals surface area contributed by atoms with E-state index in [1.165, 1.54) is 12.3 Å². The number of morpholine rings is 1. The molecule has 0 unspecified atom stereocenters. The highest BCUT2D eigenvalue weighted by Crippen LogP contribution is 2.36. The summed E-state index contributed by atoms with van der Waals surface area (Å²) in [5, 5.41) is 2.61. The third-order valence-corrected chi connectivity index (χ3v) is 3.61. The molecule has 1 aromatic rings. The highest BCUT2D eigenvalue weighted by atomic mass is 19.1. The molecule has 1 aliphatic heterocycles. The van der Waals surface area contributed by atoms with E-state index in [2.05, 4.69) is 10.3 Å². The van der Waals surface area contributed by atoms with Crippen LogP contribution in [0.1, 0.15) is 12.8 Å². The average Bonchev–Trinajstić information content (AvgIpc) is 3.26. The van der Waals surface area contributed by atoms with Crippen molar-refractivity contribution in [2.75, 3.05) is 25.1 Å². The molecule has 2 amide bonds. The Hall–Kier alpha value is -1.69. The van der Waals surface area contributed by atoms with E-state index in [4.69, 9.17) is 4.74 Å². The summed E-state index contributed by atoms with van der Waals surface area (Å²) >= 11 is 0. The summed E-state index contributed by atoms with van der Waals surface area (Å²) in [6.07, 6.45) is 4.83. The van der Waals surface area contributed by atoms with E-state index in [1.807, 2.05) is 0 Å². The van der Waals surface area contributed by atoms with Gasteiger partial charge in [0.2, 0.25) is 0 Å². The van der Waals surface area contributed by atoms with Gasteiger partial charge in [-0.15, -0.1) is 0 Å². The zero-order valence-corrected chi connectivity index (χ0v) is 10.5. The van der Waals surface area contributed by atoms with Gasteiger partial charge in [0.25, 0.3) is 0 Å². The molecule has 102 valence electrons. The summed E-state index contributed by atoms with van der Waals surface area (Å²) < 4.78 is 18.9. The molecule has 1 N–H and O–H groups in total. The zero-order chi connectivity index (χ0) is 13.2. The van der Waals surface area contributed by atoms with Crippen LogP contribution in [0.4, 0.5) is 14.9 Å². The van der Waals surface area contributed by atoms with Crippen molar-refractivity contribution in [2.45, 2.75) is 18.9 Å². The summed E-state index contributed by atoms with van der Waals surface area (Å²) in [6, 6.07) is 1.32. The predicted octanol–water partition coefficient (Wildman–Crippen LogP) is 1.86. The molecule has 19 heavy (non-hydrogen) atoms. The Kier molecular flexibility index (Phi) is 3.33. The quantitative estimate of drug-likeness (QED) is 0.888. The molecule has 0 spiro atoms. The molecule has 1 aromatic heterocycles. The van der Waals surface area contributed by atoms with E-state index < -0.39 is 5.82 Å². The minimum atomic E-state index is -0.521. The number of anilines is 1. The Labute approximate surface area is 110 Å². The second-order valence-electron chi connectivity index (χ2n) is 4.96. The molecule has 2 fully saturated rings. The molecule has 1 saturated heterocycles. The number of nitrogens with one attached hydrogen (secondary N) is 1. The topological polar surface area (TPSA) is 54.5 Å². The predicted molar refractivity (Wildman–Crippen MR) is 67.3 cm³/mol. The standard InChI is InChI=1S/C13H16FN3O2/c14-10-7-15-4-3-11(10)16-13(18)17-5-6-19-8-12(17)9-1-2-9/h3-4,7,9,12H,1-2,5-6,8H2,(H,15,16,18)/t12-/m0/s1. The number of urea groups is 1. The summed E-state index contributed by atoms with van der Waals surface area (Å²) in [5.41, 5.74) is 0.168. The number of ether oxygens (including phenoxy) is 1. The zero-order valence-electron chi connectivity index (χ0n) is 10.5. The number of halogens is 1. The van der Waals surface area contributed by atoms with Gasteiger partial charge in [0, 0.05) is 12.7 Å². The van der Waals surface area contributed by atoms with Crippen LogP contribution in [0, 0.1) is 11.7 Å². The van der Waals surface area contributed by atoms with Gasteiger partial charge in [0.05, 0.1) is 31.1 Å². The highest BCUT2D eigenvalue weighted by molar-refractivity contribution is 5.89. The van der Waals surface area contributed by atoms with Gasteiger partial charge in [-0.05, 0) is 24.8 Å². The Bertz CT molecular complexity index is 479. The Balaban J connectivity index is 1.70. The van der Waals surface area contributed by atoms with Gasteiger partial charge >= 0.3 is 6.03 Å². The Morgan fingerprint density at radius 2 is 2.37 bits per heavy atom. The SMILES string of the molecule is O=C(Nc1ccncc1F)N1CCOC[C@H]1C1CC1. The van der Waals surface area contributed by atoms with Crippen LogP contribution in [-0.4, -0.2) is 41.7 Å². The fourth-order valence-electron chi connectivity index (χ4n) is 2.41. The lowest BCUT2D eigenvalue weighted by molar-refractivity contribution is 0.00771. The average molecular weight is 265 g/mol. The maximum absolute atomic E-state index is 13.5. The normalized spacial score (nSPS) is 23.2. The van der Waals surface area contributed by atoms with Gasteiger partial charge in [-0.3, -0.25) is 4.98 Å². The molecule has 0 radical (unpaired) electrons. The van der Waals surface area contributed by atoms with Crippen LogP contribution in [0.5, 0.6) is 0 Å². The third-order valence-electron chi connectivity index (χ3n) is 3.61. The number of amides is 2. The van der Waals surface area contributed by atoms with Crippen LogP contribution in [0.15, 0.2) is 18.5 Å². The van der Waals surface area contributed by atoms with Crippen molar-refractivity contribution in [2.24, 2.45) is 5.92 Å². The van der Waals surface area contributed by atoms with Gasteiger partial charge in [-0.1, -0.05) is 0 Å². The molecule has 1 aliphatic carbocycles. The first-order valence-electron chi connectivity index (χ1n) is 6.50. The summed E-state index contributed by atoms with van der Waals surface area (Å²) in [4.78, 5) is 17.7. The molecule has 0 aromatic carbocycles. The number of aromatic nitrogens is 1. The van der Waals surface area contributed by atoms with Crippen LogP contribution in [0.25, 0.3) is 0 Å². The van der Waals surface area contributed by atoms with Gasteiger partial charge in [-0.2, -0.15) is 0 Å². The first-order chi connectivity index (χ1) is 9.25. The van der Waals surface area contributed by atoms with Gasteiger partial charge in [-0.25, -0.2) is 9.18 Å². The van der Waals surface area contributed by atoms with Gasteiger partial charge in [0.15, 0.2) is 5.82 Å². The summed E-state index contributed by atoms with van der Waals surface area (Å²) in [7, 11) is 0. The summed E-state index contributed by atoms with van der Waals surface area (Å²) in [5.74, 6) is 0.0143. The lowest BCUT2D eigenvalue weighted by atomic mass is 10.1. The minimum Gasteiger partial charge on any atom is -0.377 e. The first-order valence-corrected chi connectivity index (χ1v) is 6.50. The fraction of sp³-hybridized carbons (Fsp3) is 0.538. The van der Waals surface area contributed by atoms with Crippen molar-refractivity contribution in [1.29, 1.82) is 0 Å². The maximum Gasteiger partial charge on any atom is 0.322 e. The maximum atomic E-state index is 13.5. The third kappa shape index (κ3) is 2.68. The molecule has 1 saturated carbocycles. The Morgan fingerprint density at radius 1 is 1.53 bits per heavy atom. The molecule has 1 atom stereocenters. The van der Waals surface area contributed by atoms with E-state index in [0.717, 1.165) is 19.0 Å². The van der Waals surface area contributed by atoms with Crippen molar-refractivity contribution in [3.8, 4) is 0 Å². The molecule has 2 heterocycles. The minimum absolute atomic E-state index is 0.124. The number of nitrogens with zero attached hydrogens (tertiary/aromatic N) is 2. The number of hydrogen-bond acceptors (Lipinski definition) is 3. The molecule has 5 nitrogen and oxygen atoms in total. The smallest absolute Gasteiger partial charge is 0.322 e. The highest BCUT2D eigenvalue weighted by Gasteiger charge is 2.39. The lowest BCUT2D eigenvalue weighted by Gasteiger charge is -2.35. The van der Waals surface area contributed by atoms with Crippen molar-refractivity contribution < 1.29 is 13.9 Å². The van der Waals surface area contributed by atoms with Crippen molar-refractivity contribution >= 4 is 11.7 Å².